The molecule has 3 amide bonds. The maximum Gasteiger partial charge on any atom is 0.433 e. The zero-order valence-electron chi connectivity index (χ0n) is 31.7. The van der Waals surface area contributed by atoms with Crippen LogP contribution >= 0.6 is 0 Å². The lowest BCUT2D eigenvalue weighted by Crippen LogP contribution is -2.47. The van der Waals surface area contributed by atoms with Crippen molar-refractivity contribution < 1.29 is 32.3 Å². The smallest absolute Gasteiger partial charge is 0.355 e. The number of hydrogen-bond acceptors (Lipinski definition) is 8. The molecule has 9 rings (SSSR count). The van der Waals surface area contributed by atoms with Crippen molar-refractivity contribution in [3.63, 3.8) is 0 Å². The van der Waals surface area contributed by atoms with Crippen LogP contribution < -0.4 is 10.6 Å². The van der Waals surface area contributed by atoms with Crippen molar-refractivity contribution >= 4 is 45.9 Å². The summed E-state index contributed by atoms with van der Waals surface area (Å²) in [6.07, 6.45) is 4.31. The summed E-state index contributed by atoms with van der Waals surface area (Å²) in [5, 5.41) is 15.7. The number of aryl methyl sites for hydroxylation is 2. The molecule has 0 spiro atoms. The van der Waals surface area contributed by atoms with Gasteiger partial charge in [-0.2, -0.15) is 23.4 Å². The van der Waals surface area contributed by atoms with Gasteiger partial charge in [-0.25, -0.2) is 14.5 Å². The number of nitrogens with one attached hydrogen (secondary N) is 2. The topological polar surface area (TPSA) is 156 Å². The molecule has 2 bridgehead atoms. The first-order valence-corrected chi connectivity index (χ1v) is 19.6. The van der Waals surface area contributed by atoms with E-state index in [1.807, 2.05) is 24.4 Å². The molecule has 1 aromatic carbocycles. The molecule has 1 saturated heterocycles. The maximum atomic E-state index is 14.6. The normalized spacial score (nSPS) is 23.0. The van der Waals surface area contributed by atoms with Crippen LogP contribution in [0.15, 0.2) is 42.6 Å². The minimum atomic E-state index is -4.72. The number of pyridine rings is 2. The van der Waals surface area contributed by atoms with Crippen molar-refractivity contribution in [3.8, 4) is 11.1 Å². The minimum absolute atomic E-state index is 0.103. The van der Waals surface area contributed by atoms with Crippen molar-refractivity contribution in [1.82, 2.24) is 39.6 Å². The number of anilines is 1. The molecule has 6 heterocycles. The fourth-order valence-electron chi connectivity index (χ4n) is 8.73. The number of aromatic nitrogens is 6. The molecule has 16 heteroatoms. The predicted molar refractivity (Wildman–Crippen MR) is 202 cm³/mol. The van der Waals surface area contributed by atoms with E-state index >= 15 is 0 Å². The van der Waals surface area contributed by atoms with Gasteiger partial charge in [-0.05, 0) is 98.9 Å². The summed E-state index contributed by atoms with van der Waals surface area (Å²) >= 11 is 0. The Morgan fingerprint density at radius 3 is 2.49 bits per heavy atom. The largest absolute Gasteiger partial charge is 0.433 e. The van der Waals surface area contributed by atoms with Crippen molar-refractivity contribution in [2.24, 2.45) is 5.41 Å². The molecular formula is C41H42F3N9O4. The molecule has 3 fully saturated rings. The summed E-state index contributed by atoms with van der Waals surface area (Å²) in [6.45, 7) is 2.96. The summed E-state index contributed by atoms with van der Waals surface area (Å²) in [5.74, 6) is -0.472. The fourth-order valence-corrected chi connectivity index (χ4v) is 8.73. The molecule has 4 aliphatic rings. The van der Waals surface area contributed by atoms with Gasteiger partial charge in [0.1, 0.15) is 29.8 Å². The van der Waals surface area contributed by atoms with Gasteiger partial charge in [-0.3, -0.25) is 23.9 Å². The number of alkyl halides is 3. The number of hydrogen-bond donors (Lipinski definition) is 2. The monoisotopic (exact) mass is 781 g/mol. The molecule has 3 atom stereocenters. The van der Waals surface area contributed by atoms with Crippen LogP contribution in [0.4, 0.5) is 19.0 Å². The zero-order valence-corrected chi connectivity index (χ0v) is 31.7. The third kappa shape index (κ3) is 6.92. The Labute approximate surface area is 325 Å². The number of piperidine rings is 1. The van der Waals surface area contributed by atoms with Crippen LogP contribution in [0.1, 0.15) is 104 Å². The molecular weight excluding hydrogens is 740 g/mol. The van der Waals surface area contributed by atoms with E-state index in [2.05, 4.69) is 26.7 Å². The summed E-state index contributed by atoms with van der Waals surface area (Å²) in [5.41, 5.74) is 2.88. The first-order chi connectivity index (χ1) is 27.3. The molecule has 5 aromatic rings. The van der Waals surface area contributed by atoms with E-state index in [1.165, 1.54) is 17.9 Å². The third-order valence-electron chi connectivity index (χ3n) is 12.0. The third-order valence-corrected chi connectivity index (χ3v) is 12.0. The van der Waals surface area contributed by atoms with Crippen molar-refractivity contribution in [2.45, 2.75) is 109 Å². The average molecular weight is 782 g/mol. The first kappa shape index (κ1) is 36.9. The molecule has 0 unspecified atom stereocenters. The van der Waals surface area contributed by atoms with E-state index in [9.17, 15) is 32.3 Å². The Morgan fingerprint density at radius 2 is 1.74 bits per heavy atom. The van der Waals surface area contributed by atoms with Gasteiger partial charge in [0.15, 0.2) is 17.3 Å². The van der Waals surface area contributed by atoms with E-state index in [0.29, 0.717) is 48.1 Å². The lowest BCUT2D eigenvalue weighted by atomic mass is 9.96. The molecule has 2 N–H and O–H groups in total. The van der Waals surface area contributed by atoms with E-state index in [1.54, 1.807) is 16.1 Å². The molecule has 2 aliphatic heterocycles. The van der Waals surface area contributed by atoms with Gasteiger partial charge >= 0.3 is 6.18 Å². The first-order valence-electron chi connectivity index (χ1n) is 19.6. The van der Waals surface area contributed by atoms with Gasteiger partial charge in [0.2, 0.25) is 17.7 Å². The molecule has 2 saturated carbocycles. The van der Waals surface area contributed by atoms with Gasteiger partial charge in [0, 0.05) is 54.4 Å². The Morgan fingerprint density at radius 1 is 0.947 bits per heavy atom. The number of rotatable bonds is 5. The molecule has 13 nitrogen and oxygen atoms in total. The lowest BCUT2D eigenvalue weighted by molar-refractivity contribution is -0.141. The number of ketones is 1. The highest BCUT2D eigenvalue weighted by atomic mass is 19.4. The predicted octanol–water partition coefficient (Wildman–Crippen LogP) is 6.17. The molecule has 0 radical (unpaired) electrons. The van der Waals surface area contributed by atoms with E-state index in [4.69, 9.17) is 10.2 Å². The number of benzene rings is 1. The van der Waals surface area contributed by atoms with Gasteiger partial charge in [0.25, 0.3) is 0 Å². The SMILES string of the molecule is CC(=O)c1nn2c3c(cc(-c4ccc5nc(C6CC6)nn5c4)cc13)CCCCCCC(=O)NC[C@@]13C[C@@H](C(=O)Nc4nc(C(F)(F)F)ccc4C)N(C(=O)C2)[C@@H]1C3. The van der Waals surface area contributed by atoms with Gasteiger partial charge in [-0.15, -0.1) is 0 Å². The number of carbonyl (C=O) groups excluding carboxylic acids is 4. The second-order valence-corrected chi connectivity index (χ2v) is 16.2. The summed E-state index contributed by atoms with van der Waals surface area (Å²) < 4.78 is 44.0. The summed E-state index contributed by atoms with van der Waals surface area (Å²) in [4.78, 5) is 64.6. The lowest BCUT2D eigenvalue weighted by Gasteiger charge is -2.27. The van der Waals surface area contributed by atoms with Crippen LogP contribution in [0.3, 0.4) is 0 Å². The fraction of sp³-hybridized carbons (Fsp3) is 0.463. The van der Waals surface area contributed by atoms with E-state index < -0.39 is 35.1 Å². The Bertz CT molecular complexity index is 2490. The van der Waals surface area contributed by atoms with Crippen LogP contribution in [0.25, 0.3) is 27.7 Å². The Balaban J connectivity index is 1.09. The minimum Gasteiger partial charge on any atom is -0.355 e. The number of fused-ring (bicyclic) bond motifs is 1. The second kappa shape index (κ2) is 13.8. The average Bonchev–Trinajstić information content (AvgIpc) is 4.02. The standard InChI is InChI=1S/C41H42F3N9O4/c1-22-9-13-30(41(42,43)44)46-37(22)48-39(57)29-17-40-18-31(40)53(29)34(56)20-52-36-25(7-5-3-4-6-8-33(55)45-21-40)15-27(16-28(36)35(49-52)23(2)54)26-12-14-32-47-38(24-10-11-24)50-51(32)19-26/h9,12-16,19,24,29,31H,3-8,10-11,17-18,20-21H2,1-2H3,(H,45,55)(H,46,48,57)/t29-,31+,40-/m0/s1. The van der Waals surface area contributed by atoms with Crippen LogP contribution in [0.5, 0.6) is 0 Å². The van der Waals surface area contributed by atoms with Crippen LogP contribution in [-0.4, -0.2) is 76.4 Å². The van der Waals surface area contributed by atoms with E-state index in [0.717, 1.165) is 66.3 Å². The number of nitrogens with zero attached hydrogens (tertiary/aromatic N) is 7. The van der Waals surface area contributed by atoms with Gasteiger partial charge < -0.3 is 15.5 Å². The van der Waals surface area contributed by atoms with Crippen molar-refractivity contribution in [2.75, 3.05) is 11.9 Å². The number of halogens is 3. The van der Waals surface area contributed by atoms with E-state index in [-0.39, 0.29) is 48.8 Å². The Hall–Kier alpha value is -5.67. The van der Waals surface area contributed by atoms with Crippen LogP contribution in [0.2, 0.25) is 0 Å². The summed E-state index contributed by atoms with van der Waals surface area (Å²) in [7, 11) is 0. The maximum absolute atomic E-state index is 14.6. The number of carbonyl (C=O) groups is 4. The molecule has 57 heavy (non-hydrogen) atoms. The molecule has 2 aliphatic carbocycles. The van der Waals surface area contributed by atoms with Gasteiger partial charge in [-0.1, -0.05) is 18.9 Å². The Kier molecular flexibility index (Phi) is 8.92. The summed E-state index contributed by atoms with van der Waals surface area (Å²) in [6, 6.07) is 8.56. The zero-order chi connectivity index (χ0) is 39.8. The highest BCUT2D eigenvalue weighted by Gasteiger charge is 2.67. The quantitative estimate of drug-likeness (QED) is 0.201. The second-order valence-electron chi connectivity index (χ2n) is 16.2. The molecule has 4 aromatic heterocycles. The van der Waals surface area contributed by atoms with Crippen molar-refractivity contribution in [1.29, 1.82) is 0 Å². The van der Waals surface area contributed by atoms with Crippen molar-refractivity contribution in [3.05, 3.63) is 70.9 Å². The number of amides is 3. The van der Waals surface area contributed by atoms with Crippen LogP contribution in [0, 0.1) is 12.3 Å². The highest BCUT2D eigenvalue weighted by molar-refractivity contribution is 6.07. The van der Waals surface area contributed by atoms with Crippen LogP contribution in [-0.2, 0) is 33.5 Å². The van der Waals surface area contributed by atoms with Gasteiger partial charge in [0.05, 0.1) is 5.52 Å². The number of Topliss-reactive ketones (excluding diaryl/α,β-unsaturated/α-hetero) is 1. The molecule has 296 valence electrons. The highest BCUT2D eigenvalue weighted by Crippen LogP contribution is 2.59.